The summed E-state index contributed by atoms with van der Waals surface area (Å²) < 4.78 is 2.34. The van der Waals surface area contributed by atoms with E-state index in [1.165, 1.54) is 47.1 Å². The van der Waals surface area contributed by atoms with E-state index in [-0.39, 0.29) is 24.0 Å². The Morgan fingerprint density at radius 2 is 2.00 bits per heavy atom. The number of rotatable bonds is 7. The normalized spacial score (nSPS) is 14.1. The van der Waals surface area contributed by atoms with Gasteiger partial charge in [-0.15, -0.1) is 34.2 Å². The van der Waals surface area contributed by atoms with Crippen LogP contribution >= 0.6 is 24.0 Å². The number of fused-ring (bicyclic) bond motifs is 2. The molecule has 0 atom stereocenters. The Morgan fingerprint density at radius 3 is 2.87 bits per heavy atom. The fourth-order valence-corrected chi connectivity index (χ4v) is 4.23. The summed E-state index contributed by atoms with van der Waals surface area (Å²) in [6.07, 6.45) is 9.87. The molecule has 0 aliphatic carbocycles. The van der Waals surface area contributed by atoms with Gasteiger partial charge in [0.15, 0.2) is 5.96 Å². The summed E-state index contributed by atoms with van der Waals surface area (Å²) in [5, 5.41) is 17.0. The highest BCUT2D eigenvalue weighted by atomic mass is 127. The predicted octanol–water partition coefficient (Wildman–Crippen LogP) is 3.75. The zero-order valence-electron chi connectivity index (χ0n) is 18.6. The van der Waals surface area contributed by atoms with Crippen molar-refractivity contribution in [3.05, 3.63) is 47.2 Å². The molecule has 1 aliphatic heterocycles. The van der Waals surface area contributed by atoms with E-state index in [0.717, 1.165) is 57.1 Å². The molecule has 8 heteroatoms. The molecular formula is C23H34IN7. The molecule has 0 unspecified atom stereocenters. The Labute approximate surface area is 201 Å². The molecule has 7 nitrogen and oxygen atoms in total. The lowest BCUT2D eigenvalue weighted by Gasteiger charge is -2.12. The van der Waals surface area contributed by atoms with Gasteiger partial charge in [0.25, 0.3) is 0 Å². The van der Waals surface area contributed by atoms with Gasteiger partial charge >= 0.3 is 0 Å². The molecule has 168 valence electrons. The standard InChI is InChI=1S/C23H33N7.HI/c1-17-9-10-19-18(16-27-20(19)15-17)11-13-26-23(24-2)25-12-6-8-22-29-28-21-7-4-3-5-14-30(21)22;/h9-10,15-16,27H,3-8,11-14H2,1-2H3,(H2,24,25,26);1H. The first-order valence-electron chi connectivity index (χ1n) is 11.2. The monoisotopic (exact) mass is 535 g/mol. The van der Waals surface area contributed by atoms with Gasteiger partial charge in [0.1, 0.15) is 11.6 Å². The van der Waals surface area contributed by atoms with E-state index in [4.69, 9.17) is 0 Å². The van der Waals surface area contributed by atoms with Crippen LogP contribution in [0.1, 0.15) is 48.5 Å². The molecule has 31 heavy (non-hydrogen) atoms. The van der Waals surface area contributed by atoms with Gasteiger partial charge in [0.2, 0.25) is 0 Å². The quantitative estimate of drug-likeness (QED) is 0.186. The Balaban J connectivity index is 0.00000272. The number of aromatic amines is 1. The van der Waals surface area contributed by atoms with Crippen LogP contribution in [-0.2, 0) is 25.8 Å². The Bertz CT molecular complexity index is 1000. The number of aromatic nitrogens is 4. The average Bonchev–Trinajstić information content (AvgIpc) is 3.24. The molecule has 0 spiro atoms. The van der Waals surface area contributed by atoms with E-state index in [1.54, 1.807) is 0 Å². The molecular weight excluding hydrogens is 501 g/mol. The minimum absolute atomic E-state index is 0. The zero-order chi connectivity index (χ0) is 20.8. The number of nitrogens with one attached hydrogen (secondary N) is 3. The maximum atomic E-state index is 4.42. The number of hydrogen-bond acceptors (Lipinski definition) is 3. The Kier molecular flexibility index (Phi) is 8.74. The van der Waals surface area contributed by atoms with Gasteiger partial charge in [-0.05, 0) is 49.8 Å². The van der Waals surface area contributed by atoms with Gasteiger partial charge in [-0.1, -0.05) is 18.6 Å². The summed E-state index contributed by atoms with van der Waals surface area (Å²) in [4.78, 5) is 7.73. The molecule has 4 rings (SSSR count). The third-order valence-corrected chi connectivity index (χ3v) is 5.89. The van der Waals surface area contributed by atoms with Crippen molar-refractivity contribution >= 4 is 40.8 Å². The van der Waals surface area contributed by atoms with Crippen molar-refractivity contribution in [1.82, 2.24) is 30.4 Å². The lowest BCUT2D eigenvalue weighted by Crippen LogP contribution is -2.38. The summed E-state index contributed by atoms with van der Waals surface area (Å²) >= 11 is 0. The van der Waals surface area contributed by atoms with Crippen LogP contribution in [0.15, 0.2) is 29.4 Å². The van der Waals surface area contributed by atoms with Gasteiger partial charge < -0.3 is 20.2 Å². The summed E-state index contributed by atoms with van der Waals surface area (Å²) in [5.74, 6) is 3.15. The van der Waals surface area contributed by atoms with E-state index in [0.29, 0.717) is 0 Å². The van der Waals surface area contributed by atoms with Crippen LogP contribution in [0.5, 0.6) is 0 Å². The average molecular weight is 535 g/mol. The molecule has 0 saturated carbocycles. The Hall–Kier alpha value is -2.10. The number of nitrogens with zero attached hydrogens (tertiary/aromatic N) is 4. The van der Waals surface area contributed by atoms with Crippen LogP contribution in [0.25, 0.3) is 10.9 Å². The molecule has 1 aliphatic rings. The van der Waals surface area contributed by atoms with Crippen LogP contribution < -0.4 is 10.6 Å². The highest BCUT2D eigenvalue weighted by Gasteiger charge is 2.14. The number of H-pyrrole nitrogens is 1. The van der Waals surface area contributed by atoms with Gasteiger partial charge in [0, 0.05) is 56.6 Å². The number of guanidine groups is 1. The second-order valence-electron chi connectivity index (χ2n) is 8.14. The van der Waals surface area contributed by atoms with E-state index in [1.807, 2.05) is 7.05 Å². The SMILES string of the molecule is CN=C(NCCCc1nnc2n1CCCCC2)NCCc1c[nH]c2cc(C)ccc12.I. The van der Waals surface area contributed by atoms with E-state index in [9.17, 15) is 0 Å². The first kappa shape index (κ1) is 23.6. The van der Waals surface area contributed by atoms with Gasteiger partial charge in [-0.3, -0.25) is 4.99 Å². The van der Waals surface area contributed by atoms with Crippen LogP contribution in [0.2, 0.25) is 0 Å². The van der Waals surface area contributed by atoms with Crippen molar-refractivity contribution in [3.8, 4) is 0 Å². The number of hydrogen-bond donors (Lipinski definition) is 3. The van der Waals surface area contributed by atoms with Crippen molar-refractivity contribution in [3.63, 3.8) is 0 Å². The van der Waals surface area contributed by atoms with Gasteiger partial charge in [0.05, 0.1) is 0 Å². The minimum Gasteiger partial charge on any atom is -0.361 e. The lowest BCUT2D eigenvalue weighted by molar-refractivity contribution is 0.594. The van der Waals surface area contributed by atoms with Gasteiger partial charge in [-0.2, -0.15) is 0 Å². The largest absolute Gasteiger partial charge is 0.361 e. The highest BCUT2D eigenvalue weighted by Crippen LogP contribution is 2.19. The second-order valence-corrected chi connectivity index (χ2v) is 8.14. The van der Waals surface area contributed by atoms with E-state index >= 15 is 0 Å². The molecule has 0 fully saturated rings. The number of aryl methyl sites for hydroxylation is 3. The Morgan fingerprint density at radius 1 is 1.13 bits per heavy atom. The summed E-state index contributed by atoms with van der Waals surface area (Å²) in [7, 11) is 1.82. The maximum Gasteiger partial charge on any atom is 0.190 e. The molecule has 3 N–H and O–H groups in total. The molecule has 3 aromatic rings. The van der Waals surface area contributed by atoms with E-state index < -0.39 is 0 Å². The molecule has 0 saturated heterocycles. The highest BCUT2D eigenvalue weighted by molar-refractivity contribution is 14.0. The topological polar surface area (TPSA) is 82.9 Å². The number of aliphatic imine (C=N–C) groups is 1. The molecule has 0 radical (unpaired) electrons. The van der Waals surface area contributed by atoms with Crippen molar-refractivity contribution < 1.29 is 0 Å². The number of halogens is 1. The number of benzene rings is 1. The van der Waals surface area contributed by atoms with E-state index in [2.05, 4.69) is 66.7 Å². The van der Waals surface area contributed by atoms with Crippen molar-refractivity contribution in [2.24, 2.45) is 4.99 Å². The zero-order valence-corrected chi connectivity index (χ0v) is 20.9. The van der Waals surface area contributed by atoms with Crippen LogP contribution in [0, 0.1) is 6.92 Å². The summed E-state index contributed by atoms with van der Waals surface area (Å²) in [6, 6.07) is 6.57. The molecule has 1 aromatic carbocycles. The van der Waals surface area contributed by atoms with Crippen molar-refractivity contribution in [2.75, 3.05) is 20.1 Å². The smallest absolute Gasteiger partial charge is 0.190 e. The third-order valence-electron chi connectivity index (χ3n) is 5.89. The van der Waals surface area contributed by atoms with Gasteiger partial charge in [-0.25, -0.2) is 0 Å². The first-order chi connectivity index (χ1) is 14.7. The maximum absolute atomic E-state index is 4.42. The molecule has 0 bridgehead atoms. The van der Waals surface area contributed by atoms with Crippen molar-refractivity contribution in [1.29, 1.82) is 0 Å². The molecule has 2 aromatic heterocycles. The minimum atomic E-state index is 0. The van der Waals surface area contributed by atoms with Crippen LogP contribution in [-0.4, -0.2) is 45.8 Å². The van der Waals surface area contributed by atoms with Crippen LogP contribution in [0.3, 0.4) is 0 Å². The second kappa shape index (κ2) is 11.5. The van der Waals surface area contributed by atoms with Crippen LogP contribution in [0.4, 0.5) is 0 Å². The molecule has 0 amide bonds. The first-order valence-corrected chi connectivity index (χ1v) is 11.2. The predicted molar refractivity (Wildman–Crippen MR) is 137 cm³/mol. The fraction of sp³-hybridized carbons (Fsp3) is 0.522. The molecule has 3 heterocycles. The van der Waals surface area contributed by atoms with Crippen molar-refractivity contribution in [2.45, 2.75) is 58.4 Å². The summed E-state index contributed by atoms with van der Waals surface area (Å²) in [6.45, 7) is 4.91. The lowest BCUT2D eigenvalue weighted by atomic mass is 10.1. The fourth-order valence-electron chi connectivity index (χ4n) is 4.23. The summed E-state index contributed by atoms with van der Waals surface area (Å²) in [5.41, 5.74) is 3.82. The third kappa shape index (κ3) is 5.99.